The molecule has 0 aromatic heterocycles. The Hall–Kier alpha value is -0.610. The summed E-state index contributed by atoms with van der Waals surface area (Å²) in [6.45, 7) is 3.13. The highest BCUT2D eigenvalue weighted by atomic mass is 16.5. The molecule has 4 nitrogen and oxygen atoms in total. The van der Waals surface area contributed by atoms with E-state index in [2.05, 4.69) is 6.92 Å². The van der Waals surface area contributed by atoms with Gasteiger partial charge >= 0.3 is 0 Å². The van der Waals surface area contributed by atoms with E-state index in [0.717, 1.165) is 38.6 Å². The van der Waals surface area contributed by atoms with Crippen molar-refractivity contribution in [3.8, 4) is 0 Å². The molecule has 1 amide bonds. The lowest BCUT2D eigenvalue weighted by molar-refractivity contribution is -0.138. The van der Waals surface area contributed by atoms with E-state index in [1.807, 2.05) is 4.90 Å². The molecule has 1 aliphatic rings. The molecular weight excluding hydrogens is 204 g/mol. The van der Waals surface area contributed by atoms with Gasteiger partial charge in [0, 0.05) is 25.7 Å². The molecule has 0 unspecified atom stereocenters. The van der Waals surface area contributed by atoms with Gasteiger partial charge in [-0.1, -0.05) is 6.92 Å². The van der Waals surface area contributed by atoms with Gasteiger partial charge in [-0.2, -0.15) is 0 Å². The monoisotopic (exact) mass is 228 g/mol. The number of hydrogen-bond donors (Lipinski definition) is 1. The summed E-state index contributed by atoms with van der Waals surface area (Å²) in [4.78, 5) is 13.9. The van der Waals surface area contributed by atoms with Crippen LogP contribution in [0, 0.1) is 0 Å². The van der Waals surface area contributed by atoms with Gasteiger partial charge in [-0.15, -0.1) is 0 Å². The Balaban J connectivity index is 2.51. The fraction of sp³-hybridized carbons (Fsp3) is 0.917. The average molecular weight is 228 g/mol. The number of methoxy groups -OCH3 is 1. The van der Waals surface area contributed by atoms with E-state index >= 15 is 0 Å². The highest BCUT2D eigenvalue weighted by Crippen LogP contribution is 2.22. The van der Waals surface area contributed by atoms with Crippen molar-refractivity contribution in [2.24, 2.45) is 5.73 Å². The topological polar surface area (TPSA) is 55.6 Å². The van der Waals surface area contributed by atoms with E-state index in [0.29, 0.717) is 12.1 Å². The number of hydrogen-bond acceptors (Lipinski definition) is 3. The first-order valence-electron chi connectivity index (χ1n) is 6.23. The summed E-state index contributed by atoms with van der Waals surface area (Å²) >= 11 is 0. The average Bonchev–Trinajstić information content (AvgIpc) is 2.28. The normalized spacial score (nSPS) is 25.4. The molecule has 0 saturated heterocycles. The van der Waals surface area contributed by atoms with Gasteiger partial charge in [0.15, 0.2) is 0 Å². The second kappa shape index (κ2) is 6.86. The molecule has 1 fully saturated rings. The highest BCUT2D eigenvalue weighted by Gasteiger charge is 2.26. The summed E-state index contributed by atoms with van der Waals surface area (Å²) < 4.78 is 4.93. The number of rotatable bonds is 5. The summed E-state index contributed by atoms with van der Waals surface area (Å²) in [6.07, 6.45) is 5.14. The van der Waals surface area contributed by atoms with E-state index in [-0.39, 0.29) is 12.5 Å². The molecule has 0 aromatic rings. The molecule has 0 bridgehead atoms. The summed E-state index contributed by atoms with van der Waals surface area (Å²) in [6, 6.07) is 0.708. The van der Waals surface area contributed by atoms with E-state index in [1.54, 1.807) is 7.11 Å². The van der Waals surface area contributed by atoms with E-state index in [9.17, 15) is 4.79 Å². The van der Waals surface area contributed by atoms with Gasteiger partial charge in [0.05, 0.1) is 0 Å². The Kier molecular flexibility index (Phi) is 5.77. The number of nitrogens with zero attached hydrogens (tertiary/aromatic N) is 1. The van der Waals surface area contributed by atoms with Crippen LogP contribution in [-0.4, -0.2) is 43.2 Å². The van der Waals surface area contributed by atoms with Crippen molar-refractivity contribution in [2.75, 3.05) is 20.3 Å². The molecule has 94 valence electrons. The van der Waals surface area contributed by atoms with Crippen LogP contribution in [0.15, 0.2) is 0 Å². The van der Waals surface area contributed by atoms with E-state index < -0.39 is 0 Å². The number of amides is 1. The summed E-state index contributed by atoms with van der Waals surface area (Å²) in [5, 5.41) is 0. The molecule has 0 radical (unpaired) electrons. The zero-order valence-electron chi connectivity index (χ0n) is 10.4. The maximum atomic E-state index is 11.9. The van der Waals surface area contributed by atoms with Crippen LogP contribution in [0.3, 0.4) is 0 Å². The van der Waals surface area contributed by atoms with Crippen LogP contribution >= 0.6 is 0 Å². The first kappa shape index (κ1) is 13.5. The molecule has 2 N–H and O–H groups in total. The summed E-state index contributed by atoms with van der Waals surface area (Å²) in [5.41, 5.74) is 5.88. The number of ether oxygens (including phenoxy) is 1. The van der Waals surface area contributed by atoms with Crippen molar-refractivity contribution in [1.82, 2.24) is 4.90 Å². The Morgan fingerprint density at radius 3 is 2.50 bits per heavy atom. The van der Waals surface area contributed by atoms with Crippen LogP contribution in [0.5, 0.6) is 0 Å². The maximum Gasteiger partial charge on any atom is 0.248 e. The molecule has 1 rings (SSSR count). The SMILES string of the molecule is CCCN(C(=O)COC)C1CCC(N)CC1. The lowest BCUT2D eigenvalue weighted by atomic mass is 9.90. The van der Waals surface area contributed by atoms with Gasteiger partial charge in [0.1, 0.15) is 6.61 Å². The first-order valence-corrected chi connectivity index (χ1v) is 6.23. The number of nitrogens with two attached hydrogens (primary N) is 1. The molecule has 0 spiro atoms. The van der Waals surface area contributed by atoms with Gasteiger partial charge in [0.25, 0.3) is 0 Å². The standard InChI is InChI=1S/C12H24N2O2/c1-3-8-14(12(15)9-16-2)11-6-4-10(13)5-7-11/h10-11H,3-9,13H2,1-2H3. The van der Waals surface area contributed by atoms with Gasteiger partial charge < -0.3 is 15.4 Å². The molecule has 0 aromatic carbocycles. The van der Waals surface area contributed by atoms with Crippen LogP contribution in [-0.2, 0) is 9.53 Å². The third kappa shape index (κ3) is 3.76. The van der Waals surface area contributed by atoms with Crippen molar-refractivity contribution in [1.29, 1.82) is 0 Å². The van der Waals surface area contributed by atoms with Crippen LogP contribution in [0.4, 0.5) is 0 Å². The fourth-order valence-electron chi connectivity index (χ4n) is 2.37. The predicted octanol–water partition coefficient (Wildman–Crippen LogP) is 1.14. The minimum Gasteiger partial charge on any atom is -0.375 e. The lowest BCUT2D eigenvalue weighted by Crippen LogP contribution is -2.45. The molecule has 0 heterocycles. The Bertz CT molecular complexity index is 213. The molecular formula is C12H24N2O2. The number of carbonyl (C=O) groups is 1. The lowest BCUT2D eigenvalue weighted by Gasteiger charge is -2.36. The van der Waals surface area contributed by atoms with Crippen molar-refractivity contribution in [2.45, 2.75) is 51.1 Å². The second-order valence-corrected chi connectivity index (χ2v) is 4.59. The second-order valence-electron chi connectivity index (χ2n) is 4.59. The predicted molar refractivity (Wildman–Crippen MR) is 64.1 cm³/mol. The minimum atomic E-state index is 0.116. The van der Waals surface area contributed by atoms with Crippen LogP contribution in [0.2, 0.25) is 0 Å². The summed E-state index contributed by atoms with van der Waals surface area (Å²) in [7, 11) is 1.57. The molecule has 1 saturated carbocycles. The van der Waals surface area contributed by atoms with Crippen molar-refractivity contribution < 1.29 is 9.53 Å². The minimum absolute atomic E-state index is 0.116. The Labute approximate surface area is 98.1 Å². The first-order chi connectivity index (χ1) is 7.69. The molecule has 1 aliphatic carbocycles. The van der Waals surface area contributed by atoms with E-state index in [1.165, 1.54) is 0 Å². The Morgan fingerprint density at radius 1 is 1.38 bits per heavy atom. The zero-order valence-corrected chi connectivity index (χ0v) is 10.4. The molecule has 0 atom stereocenters. The Morgan fingerprint density at radius 2 is 2.00 bits per heavy atom. The third-order valence-electron chi connectivity index (χ3n) is 3.23. The molecule has 16 heavy (non-hydrogen) atoms. The van der Waals surface area contributed by atoms with E-state index in [4.69, 9.17) is 10.5 Å². The summed E-state index contributed by atoms with van der Waals surface area (Å²) in [5.74, 6) is 0.116. The van der Waals surface area contributed by atoms with Crippen molar-refractivity contribution in [3.05, 3.63) is 0 Å². The third-order valence-corrected chi connectivity index (χ3v) is 3.23. The fourth-order valence-corrected chi connectivity index (χ4v) is 2.37. The quantitative estimate of drug-likeness (QED) is 0.767. The van der Waals surface area contributed by atoms with Gasteiger partial charge in [-0.25, -0.2) is 0 Å². The largest absolute Gasteiger partial charge is 0.375 e. The molecule has 0 aliphatic heterocycles. The maximum absolute atomic E-state index is 11.9. The van der Waals surface area contributed by atoms with Crippen LogP contribution in [0.25, 0.3) is 0 Å². The van der Waals surface area contributed by atoms with Crippen LogP contribution in [0.1, 0.15) is 39.0 Å². The van der Waals surface area contributed by atoms with Gasteiger partial charge in [-0.05, 0) is 32.1 Å². The smallest absolute Gasteiger partial charge is 0.248 e. The zero-order chi connectivity index (χ0) is 12.0. The van der Waals surface area contributed by atoms with Crippen molar-refractivity contribution >= 4 is 5.91 Å². The van der Waals surface area contributed by atoms with Crippen LogP contribution < -0.4 is 5.73 Å². The number of carbonyl (C=O) groups excluding carboxylic acids is 1. The molecule has 4 heteroatoms. The van der Waals surface area contributed by atoms with Gasteiger partial charge in [0.2, 0.25) is 5.91 Å². The van der Waals surface area contributed by atoms with Crippen molar-refractivity contribution in [3.63, 3.8) is 0 Å². The highest BCUT2D eigenvalue weighted by molar-refractivity contribution is 5.77. The van der Waals surface area contributed by atoms with Gasteiger partial charge in [-0.3, -0.25) is 4.79 Å².